The fourth-order valence-electron chi connectivity index (χ4n) is 3.25. The lowest BCUT2D eigenvalue weighted by molar-refractivity contribution is -0.140. The van der Waals surface area contributed by atoms with Crippen molar-refractivity contribution in [2.24, 2.45) is 0 Å². The summed E-state index contributed by atoms with van der Waals surface area (Å²) in [6.07, 6.45) is 1.04. The molecule has 0 aromatic heterocycles. The first kappa shape index (κ1) is 22.7. The topological polar surface area (TPSA) is 49.4 Å². The Morgan fingerprint density at radius 1 is 0.966 bits per heavy atom. The van der Waals surface area contributed by atoms with Gasteiger partial charge >= 0.3 is 0 Å². The van der Waals surface area contributed by atoms with Gasteiger partial charge in [-0.1, -0.05) is 74.9 Å². The highest BCUT2D eigenvalue weighted by Crippen LogP contribution is 2.22. The van der Waals surface area contributed by atoms with Crippen molar-refractivity contribution < 1.29 is 9.59 Å². The van der Waals surface area contributed by atoms with Crippen LogP contribution in [0.4, 0.5) is 0 Å². The maximum atomic E-state index is 13.0. The van der Waals surface area contributed by atoms with Crippen molar-refractivity contribution in [2.45, 2.75) is 65.5 Å². The van der Waals surface area contributed by atoms with Gasteiger partial charge in [0.2, 0.25) is 11.8 Å². The van der Waals surface area contributed by atoms with E-state index in [-0.39, 0.29) is 17.2 Å². The standard InChI is InChI=1S/C25H34N2O2/c1-18-7-9-21(10-8-18)17-27(19(2)24(29)26-6)23(28)16-13-20-11-14-22(15-12-20)25(3,4)5/h7-12,14-15,19H,13,16-17H2,1-6H3,(H,26,29)/t19-/m1/s1. The molecule has 0 spiro atoms. The van der Waals surface area contributed by atoms with E-state index in [4.69, 9.17) is 0 Å². The van der Waals surface area contributed by atoms with E-state index in [9.17, 15) is 9.59 Å². The Labute approximate surface area is 175 Å². The number of aryl methyl sites for hydroxylation is 2. The number of likely N-dealkylation sites (N-methyl/N-ethyl adjacent to an activating group) is 1. The number of hydrogen-bond donors (Lipinski definition) is 1. The summed E-state index contributed by atoms with van der Waals surface area (Å²) in [5.74, 6) is -0.165. The molecule has 0 aliphatic rings. The van der Waals surface area contributed by atoms with E-state index in [1.54, 1.807) is 18.9 Å². The molecule has 0 bridgehead atoms. The van der Waals surface area contributed by atoms with Gasteiger partial charge in [0.05, 0.1) is 0 Å². The molecule has 0 radical (unpaired) electrons. The summed E-state index contributed by atoms with van der Waals surface area (Å²) in [6, 6.07) is 16.0. The molecule has 0 aliphatic carbocycles. The Kier molecular flexibility index (Phi) is 7.60. The van der Waals surface area contributed by atoms with Crippen molar-refractivity contribution in [3.05, 3.63) is 70.8 Å². The fourth-order valence-corrected chi connectivity index (χ4v) is 3.25. The molecule has 1 N–H and O–H groups in total. The van der Waals surface area contributed by atoms with Crippen molar-refractivity contribution in [1.82, 2.24) is 10.2 Å². The van der Waals surface area contributed by atoms with E-state index in [1.165, 1.54) is 11.1 Å². The van der Waals surface area contributed by atoms with Crippen LogP contribution in [0, 0.1) is 6.92 Å². The molecule has 0 aliphatic heterocycles. The Morgan fingerprint density at radius 3 is 2.03 bits per heavy atom. The zero-order valence-electron chi connectivity index (χ0n) is 18.6. The molecule has 2 rings (SSSR count). The number of carbonyl (C=O) groups excluding carboxylic acids is 2. The molecule has 4 nitrogen and oxygen atoms in total. The molecule has 156 valence electrons. The zero-order valence-corrected chi connectivity index (χ0v) is 18.6. The first-order valence-electron chi connectivity index (χ1n) is 10.3. The van der Waals surface area contributed by atoms with Crippen LogP contribution in [0.5, 0.6) is 0 Å². The van der Waals surface area contributed by atoms with Crippen LogP contribution in [-0.4, -0.2) is 29.8 Å². The van der Waals surface area contributed by atoms with Crippen LogP contribution in [0.2, 0.25) is 0 Å². The van der Waals surface area contributed by atoms with Crippen LogP contribution in [0.1, 0.15) is 56.4 Å². The predicted molar refractivity (Wildman–Crippen MR) is 119 cm³/mol. The lowest BCUT2D eigenvalue weighted by atomic mass is 9.86. The zero-order chi connectivity index (χ0) is 21.6. The number of nitrogens with zero attached hydrogens (tertiary/aromatic N) is 1. The molecule has 2 aromatic rings. The second-order valence-corrected chi connectivity index (χ2v) is 8.74. The first-order valence-corrected chi connectivity index (χ1v) is 10.3. The second-order valence-electron chi connectivity index (χ2n) is 8.74. The number of benzene rings is 2. The average Bonchev–Trinajstić information content (AvgIpc) is 2.70. The van der Waals surface area contributed by atoms with Gasteiger partial charge in [0.1, 0.15) is 6.04 Å². The van der Waals surface area contributed by atoms with Gasteiger partial charge in [-0.2, -0.15) is 0 Å². The summed E-state index contributed by atoms with van der Waals surface area (Å²) in [4.78, 5) is 26.9. The van der Waals surface area contributed by atoms with Crippen molar-refractivity contribution in [1.29, 1.82) is 0 Å². The molecule has 2 amide bonds. The molecule has 0 heterocycles. The van der Waals surface area contributed by atoms with E-state index in [1.807, 2.05) is 31.2 Å². The number of amides is 2. The SMILES string of the molecule is CNC(=O)[C@@H](C)N(Cc1ccc(C)cc1)C(=O)CCc1ccc(C(C)(C)C)cc1. The monoisotopic (exact) mass is 394 g/mol. The maximum absolute atomic E-state index is 13.0. The van der Waals surface area contributed by atoms with Gasteiger partial charge < -0.3 is 10.2 Å². The highest BCUT2D eigenvalue weighted by atomic mass is 16.2. The molecule has 2 aromatic carbocycles. The molecular weight excluding hydrogens is 360 g/mol. The summed E-state index contributed by atoms with van der Waals surface area (Å²) < 4.78 is 0. The smallest absolute Gasteiger partial charge is 0.242 e. The highest BCUT2D eigenvalue weighted by Gasteiger charge is 2.25. The third kappa shape index (κ3) is 6.45. The normalized spacial score (nSPS) is 12.3. The van der Waals surface area contributed by atoms with Gasteiger partial charge in [-0.25, -0.2) is 0 Å². The van der Waals surface area contributed by atoms with Gasteiger partial charge in [0.25, 0.3) is 0 Å². The second kappa shape index (κ2) is 9.73. The number of nitrogens with one attached hydrogen (secondary N) is 1. The van der Waals surface area contributed by atoms with Crippen molar-refractivity contribution in [3.63, 3.8) is 0 Å². The van der Waals surface area contributed by atoms with Crippen LogP contribution in [0.3, 0.4) is 0 Å². The molecule has 0 fully saturated rings. The number of rotatable bonds is 7. The van der Waals surface area contributed by atoms with Gasteiger partial charge in [-0.15, -0.1) is 0 Å². The van der Waals surface area contributed by atoms with Crippen molar-refractivity contribution >= 4 is 11.8 Å². The van der Waals surface area contributed by atoms with Crippen LogP contribution in [-0.2, 0) is 28.0 Å². The average molecular weight is 395 g/mol. The van der Waals surface area contributed by atoms with E-state index in [2.05, 4.69) is 50.4 Å². The van der Waals surface area contributed by atoms with Gasteiger partial charge in [0, 0.05) is 20.0 Å². The van der Waals surface area contributed by atoms with E-state index < -0.39 is 6.04 Å². The summed E-state index contributed by atoms with van der Waals surface area (Å²) >= 11 is 0. The van der Waals surface area contributed by atoms with Crippen LogP contribution >= 0.6 is 0 Å². The maximum Gasteiger partial charge on any atom is 0.242 e. The Morgan fingerprint density at radius 2 is 1.52 bits per heavy atom. The van der Waals surface area contributed by atoms with E-state index >= 15 is 0 Å². The first-order chi connectivity index (χ1) is 13.6. The minimum absolute atomic E-state index is 0.0124. The Hall–Kier alpha value is -2.62. The fraction of sp³-hybridized carbons (Fsp3) is 0.440. The van der Waals surface area contributed by atoms with Crippen LogP contribution < -0.4 is 5.32 Å². The van der Waals surface area contributed by atoms with Crippen LogP contribution in [0.15, 0.2) is 48.5 Å². The van der Waals surface area contributed by atoms with Gasteiger partial charge in [0.15, 0.2) is 0 Å². The summed E-state index contributed by atoms with van der Waals surface area (Å²) in [5, 5.41) is 2.66. The molecule has 1 atom stereocenters. The molecule has 4 heteroatoms. The predicted octanol–water partition coefficient (Wildman–Crippen LogP) is 4.39. The Balaban J connectivity index is 2.10. The number of carbonyl (C=O) groups is 2. The summed E-state index contributed by atoms with van der Waals surface area (Å²) in [5.41, 5.74) is 4.72. The summed E-state index contributed by atoms with van der Waals surface area (Å²) in [7, 11) is 1.60. The largest absolute Gasteiger partial charge is 0.357 e. The number of hydrogen-bond acceptors (Lipinski definition) is 2. The van der Waals surface area contributed by atoms with E-state index in [0.29, 0.717) is 19.4 Å². The highest BCUT2D eigenvalue weighted by molar-refractivity contribution is 5.87. The lowest BCUT2D eigenvalue weighted by Crippen LogP contribution is -2.46. The molecule has 0 saturated carbocycles. The quantitative estimate of drug-likeness (QED) is 0.757. The molecular formula is C25H34N2O2. The van der Waals surface area contributed by atoms with Gasteiger partial charge in [-0.3, -0.25) is 9.59 Å². The molecule has 29 heavy (non-hydrogen) atoms. The van der Waals surface area contributed by atoms with Crippen molar-refractivity contribution in [2.75, 3.05) is 7.05 Å². The van der Waals surface area contributed by atoms with Crippen molar-refractivity contribution in [3.8, 4) is 0 Å². The minimum atomic E-state index is -0.517. The third-order valence-corrected chi connectivity index (χ3v) is 5.33. The lowest BCUT2D eigenvalue weighted by Gasteiger charge is -2.28. The molecule has 0 unspecified atom stereocenters. The third-order valence-electron chi connectivity index (χ3n) is 5.33. The minimum Gasteiger partial charge on any atom is -0.357 e. The Bertz CT molecular complexity index is 817. The summed E-state index contributed by atoms with van der Waals surface area (Å²) in [6.45, 7) is 10.8. The van der Waals surface area contributed by atoms with Gasteiger partial charge in [-0.05, 0) is 42.4 Å². The van der Waals surface area contributed by atoms with Crippen LogP contribution in [0.25, 0.3) is 0 Å². The molecule has 0 saturated heterocycles. The van der Waals surface area contributed by atoms with E-state index in [0.717, 1.165) is 11.1 Å².